The van der Waals surface area contributed by atoms with E-state index in [1.165, 1.54) is 24.8 Å². The summed E-state index contributed by atoms with van der Waals surface area (Å²) in [5, 5.41) is 3.61. The van der Waals surface area contributed by atoms with Crippen LogP contribution in [0.4, 0.5) is 0 Å². The molecule has 4 rings (SSSR count). The number of aromatic nitrogens is 1. The van der Waals surface area contributed by atoms with Crippen LogP contribution < -0.4 is 5.32 Å². The molecule has 1 aromatic heterocycles. The van der Waals surface area contributed by atoms with E-state index in [0.29, 0.717) is 0 Å². The molecule has 2 aromatic rings. The maximum atomic E-state index is 5.45. The second-order valence-corrected chi connectivity index (χ2v) is 5.46. The topological polar surface area (TPSA) is 47.3 Å². The van der Waals surface area contributed by atoms with Gasteiger partial charge in [-0.1, -0.05) is 6.07 Å². The minimum absolute atomic E-state index is 0.129. The van der Waals surface area contributed by atoms with Crippen LogP contribution >= 0.6 is 0 Å². The molecule has 0 bridgehead atoms. The number of nitrogens with one attached hydrogen (secondary N) is 1. The highest BCUT2D eigenvalue weighted by atomic mass is 16.5. The first-order chi connectivity index (χ1) is 8.86. The van der Waals surface area contributed by atoms with E-state index < -0.39 is 0 Å². The van der Waals surface area contributed by atoms with Crippen LogP contribution in [0.25, 0.3) is 11.1 Å². The molecule has 1 saturated heterocycles. The van der Waals surface area contributed by atoms with Gasteiger partial charge in [0.15, 0.2) is 12.0 Å². The van der Waals surface area contributed by atoms with E-state index in [1.54, 1.807) is 0 Å². The first-order valence-corrected chi connectivity index (χ1v) is 6.51. The van der Waals surface area contributed by atoms with Gasteiger partial charge in [-0.05, 0) is 30.5 Å². The lowest BCUT2D eigenvalue weighted by Crippen LogP contribution is -2.53. The van der Waals surface area contributed by atoms with Gasteiger partial charge < -0.3 is 14.5 Å². The van der Waals surface area contributed by atoms with Crippen molar-refractivity contribution in [3.05, 3.63) is 30.2 Å². The van der Waals surface area contributed by atoms with Crippen LogP contribution in [-0.4, -0.2) is 30.8 Å². The van der Waals surface area contributed by atoms with E-state index in [4.69, 9.17) is 9.15 Å². The summed E-state index contributed by atoms with van der Waals surface area (Å²) in [6.45, 7) is 2.59. The highest BCUT2D eigenvalue weighted by Crippen LogP contribution is 2.34. The Kier molecular flexibility index (Phi) is 2.22. The molecule has 1 saturated carbocycles. The lowest BCUT2D eigenvalue weighted by Gasteiger charge is -2.42. The maximum absolute atomic E-state index is 5.45. The lowest BCUT2D eigenvalue weighted by molar-refractivity contribution is -0.0591. The van der Waals surface area contributed by atoms with Crippen molar-refractivity contribution in [2.75, 3.05) is 19.8 Å². The molecule has 1 aliphatic heterocycles. The van der Waals surface area contributed by atoms with Crippen LogP contribution in [0.3, 0.4) is 0 Å². The number of benzene rings is 1. The van der Waals surface area contributed by atoms with Gasteiger partial charge in [0, 0.05) is 12.6 Å². The Hall–Kier alpha value is -1.39. The van der Waals surface area contributed by atoms with Gasteiger partial charge in [0.1, 0.15) is 5.52 Å². The van der Waals surface area contributed by atoms with E-state index in [-0.39, 0.29) is 5.41 Å². The minimum atomic E-state index is 0.129. The molecule has 1 aromatic carbocycles. The highest BCUT2D eigenvalue weighted by molar-refractivity contribution is 5.73. The number of ether oxygens (including phenoxy) is 1. The fraction of sp³-hybridized carbons (Fsp3) is 0.500. The van der Waals surface area contributed by atoms with Gasteiger partial charge in [0.2, 0.25) is 0 Å². The Morgan fingerprint density at radius 1 is 1.33 bits per heavy atom. The van der Waals surface area contributed by atoms with Crippen LogP contribution in [-0.2, 0) is 10.2 Å². The van der Waals surface area contributed by atoms with Gasteiger partial charge >= 0.3 is 0 Å². The van der Waals surface area contributed by atoms with Crippen LogP contribution in [0.1, 0.15) is 18.4 Å². The zero-order chi connectivity index (χ0) is 12.0. The number of oxazole rings is 1. The molecular formula is C14H16N2O2. The molecule has 4 nitrogen and oxygen atoms in total. The molecule has 0 spiro atoms. The molecule has 0 radical (unpaired) electrons. The number of hydrogen-bond acceptors (Lipinski definition) is 4. The third-order valence-corrected chi connectivity index (χ3v) is 4.01. The Morgan fingerprint density at radius 2 is 2.22 bits per heavy atom. The van der Waals surface area contributed by atoms with E-state index >= 15 is 0 Å². The van der Waals surface area contributed by atoms with E-state index in [1.807, 2.05) is 6.07 Å². The predicted molar refractivity (Wildman–Crippen MR) is 67.5 cm³/mol. The second kappa shape index (κ2) is 3.80. The van der Waals surface area contributed by atoms with Gasteiger partial charge in [-0.15, -0.1) is 0 Å². The summed E-state index contributed by atoms with van der Waals surface area (Å²) in [7, 11) is 0. The van der Waals surface area contributed by atoms with Crippen molar-refractivity contribution in [1.82, 2.24) is 10.3 Å². The highest BCUT2D eigenvalue weighted by Gasteiger charge is 2.41. The molecule has 2 heterocycles. The second-order valence-electron chi connectivity index (χ2n) is 5.46. The van der Waals surface area contributed by atoms with Crippen LogP contribution in [0.2, 0.25) is 0 Å². The normalized spacial score (nSPS) is 22.0. The molecule has 0 amide bonds. The van der Waals surface area contributed by atoms with Crippen LogP contribution in [0.5, 0.6) is 0 Å². The molecule has 1 aliphatic carbocycles. The molecule has 4 heteroatoms. The number of hydrogen-bond donors (Lipinski definition) is 1. The zero-order valence-corrected chi connectivity index (χ0v) is 10.2. The largest absolute Gasteiger partial charge is 0.443 e. The molecule has 0 unspecified atom stereocenters. The first-order valence-electron chi connectivity index (χ1n) is 6.51. The molecule has 1 N–H and O–H groups in total. The van der Waals surface area contributed by atoms with Gasteiger partial charge in [-0.3, -0.25) is 0 Å². The SMILES string of the molecule is c1nc2ccc(C3(CNC4CC4)COC3)cc2o1. The Morgan fingerprint density at radius 3 is 2.94 bits per heavy atom. The average Bonchev–Trinajstić information content (AvgIpc) is 3.04. The smallest absolute Gasteiger partial charge is 0.181 e. The van der Waals surface area contributed by atoms with Crippen molar-refractivity contribution in [1.29, 1.82) is 0 Å². The summed E-state index contributed by atoms with van der Waals surface area (Å²) in [6.07, 6.45) is 4.14. The molecule has 2 aliphatic rings. The van der Waals surface area contributed by atoms with Crippen LogP contribution in [0, 0.1) is 0 Å². The van der Waals surface area contributed by atoms with Crippen molar-refractivity contribution in [3.63, 3.8) is 0 Å². The number of rotatable bonds is 4. The monoisotopic (exact) mass is 244 g/mol. The van der Waals surface area contributed by atoms with Gasteiger partial charge in [0.25, 0.3) is 0 Å². The molecule has 18 heavy (non-hydrogen) atoms. The maximum Gasteiger partial charge on any atom is 0.181 e. The average molecular weight is 244 g/mol. The Bertz CT molecular complexity index is 570. The number of nitrogens with zero attached hydrogens (tertiary/aromatic N) is 1. The van der Waals surface area contributed by atoms with E-state index in [2.05, 4.69) is 22.4 Å². The van der Waals surface area contributed by atoms with Crippen molar-refractivity contribution < 1.29 is 9.15 Å². The van der Waals surface area contributed by atoms with Crippen molar-refractivity contribution in [2.45, 2.75) is 24.3 Å². The number of fused-ring (bicyclic) bond motifs is 1. The van der Waals surface area contributed by atoms with E-state index in [0.717, 1.165) is 36.9 Å². The van der Waals surface area contributed by atoms with Crippen molar-refractivity contribution >= 4 is 11.1 Å². The third-order valence-electron chi connectivity index (χ3n) is 4.01. The van der Waals surface area contributed by atoms with Crippen molar-refractivity contribution in [2.24, 2.45) is 0 Å². The summed E-state index contributed by atoms with van der Waals surface area (Å²) < 4.78 is 10.8. The van der Waals surface area contributed by atoms with Crippen LogP contribution in [0.15, 0.2) is 29.0 Å². The molecule has 94 valence electrons. The summed E-state index contributed by atoms with van der Waals surface area (Å²) in [4.78, 5) is 4.16. The summed E-state index contributed by atoms with van der Waals surface area (Å²) >= 11 is 0. The van der Waals surface area contributed by atoms with Gasteiger partial charge in [-0.2, -0.15) is 0 Å². The zero-order valence-electron chi connectivity index (χ0n) is 10.2. The summed E-state index contributed by atoms with van der Waals surface area (Å²) in [5.41, 5.74) is 3.21. The first kappa shape index (κ1) is 10.5. The minimum Gasteiger partial charge on any atom is -0.443 e. The molecular weight excluding hydrogens is 228 g/mol. The van der Waals surface area contributed by atoms with E-state index in [9.17, 15) is 0 Å². The van der Waals surface area contributed by atoms with Crippen molar-refractivity contribution in [3.8, 4) is 0 Å². The summed E-state index contributed by atoms with van der Waals surface area (Å²) in [5.74, 6) is 0. The third kappa shape index (κ3) is 1.64. The molecule has 0 atom stereocenters. The fourth-order valence-corrected chi connectivity index (χ4v) is 2.53. The van der Waals surface area contributed by atoms with Gasteiger partial charge in [0.05, 0.1) is 18.6 Å². The quantitative estimate of drug-likeness (QED) is 0.891. The fourth-order valence-electron chi connectivity index (χ4n) is 2.53. The standard InChI is InChI=1S/C14H16N2O2/c1-4-12-13(18-9-16-12)5-10(1)14(7-17-8-14)6-15-11-2-3-11/h1,4-5,9,11,15H,2-3,6-8H2. The lowest BCUT2D eigenvalue weighted by atomic mass is 9.78. The molecule has 2 fully saturated rings. The summed E-state index contributed by atoms with van der Waals surface area (Å²) in [6, 6.07) is 7.03. The Balaban J connectivity index is 1.64. The predicted octanol–water partition coefficient (Wildman–Crippen LogP) is 1.85. The van der Waals surface area contributed by atoms with Gasteiger partial charge in [-0.25, -0.2) is 4.98 Å². The Labute approximate surface area is 105 Å².